The van der Waals surface area contributed by atoms with E-state index in [1.165, 1.54) is 5.69 Å². The van der Waals surface area contributed by atoms with Crippen molar-refractivity contribution < 1.29 is 14.6 Å². The van der Waals surface area contributed by atoms with Crippen LogP contribution in [0.25, 0.3) is 0 Å². The first-order valence-electron chi connectivity index (χ1n) is 8.99. The molecule has 1 N–H and O–H groups in total. The fourth-order valence-corrected chi connectivity index (χ4v) is 2.36. The standard InChI is InChI=1S/C19H34N2O3/c1-4-14-23-16-19(22)17-24-15-13-20(3)11-12-21(5-2)18-9-7-6-8-10-18/h6-10,19,22H,4-5,11-17H2,1-3H3. The summed E-state index contributed by atoms with van der Waals surface area (Å²) in [6, 6.07) is 10.5. The number of hydrogen-bond donors (Lipinski definition) is 1. The second-order valence-electron chi connectivity index (χ2n) is 6.02. The molecule has 1 aromatic rings. The van der Waals surface area contributed by atoms with Crippen molar-refractivity contribution in [2.45, 2.75) is 26.4 Å². The van der Waals surface area contributed by atoms with Gasteiger partial charge in [-0.25, -0.2) is 0 Å². The average Bonchev–Trinajstić information content (AvgIpc) is 2.60. The number of para-hydroxylation sites is 1. The molecule has 0 saturated heterocycles. The molecule has 0 spiro atoms. The molecule has 1 unspecified atom stereocenters. The fraction of sp³-hybridized carbons (Fsp3) is 0.684. The molecule has 5 nitrogen and oxygen atoms in total. The molecule has 0 radical (unpaired) electrons. The topological polar surface area (TPSA) is 45.2 Å². The van der Waals surface area contributed by atoms with Crippen molar-refractivity contribution in [2.24, 2.45) is 0 Å². The zero-order valence-electron chi connectivity index (χ0n) is 15.5. The van der Waals surface area contributed by atoms with Gasteiger partial charge in [0, 0.05) is 38.5 Å². The third-order valence-corrected chi connectivity index (χ3v) is 3.84. The van der Waals surface area contributed by atoms with Gasteiger partial charge in [-0.2, -0.15) is 0 Å². The number of aliphatic hydroxyl groups is 1. The van der Waals surface area contributed by atoms with E-state index < -0.39 is 6.10 Å². The highest BCUT2D eigenvalue weighted by molar-refractivity contribution is 5.45. The van der Waals surface area contributed by atoms with Crippen LogP contribution in [0.2, 0.25) is 0 Å². The Bertz CT molecular complexity index is 403. The maximum Gasteiger partial charge on any atom is 0.101 e. The minimum Gasteiger partial charge on any atom is -0.388 e. The maximum absolute atomic E-state index is 9.70. The van der Waals surface area contributed by atoms with E-state index in [0.717, 1.165) is 32.6 Å². The molecule has 1 aromatic carbocycles. The molecule has 0 saturated carbocycles. The van der Waals surface area contributed by atoms with Gasteiger partial charge < -0.3 is 24.4 Å². The third-order valence-electron chi connectivity index (χ3n) is 3.84. The highest BCUT2D eigenvalue weighted by Gasteiger charge is 2.07. The number of benzene rings is 1. The summed E-state index contributed by atoms with van der Waals surface area (Å²) < 4.78 is 10.8. The highest BCUT2D eigenvalue weighted by Crippen LogP contribution is 2.12. The Morgan fingerprint density at radius 2 is 1.62 bits per heavy atom. The quantitative estimate of drug-likeness (QED) is 0.527. The molecule has 0 amide bonds. The Morgan fingerprint density at radius 3 is 2.25 bits per heavy atom. The second kappa shape index (κ2) is 13.2. The molecule has 0 fully saturated rings. The van der Waals surface area contributed by atoms with Crippen LogP contribution in [0, 0.1) is 0 Å². The van der Waals surface area contributed by atoms with Crippen molar-refractivity contribution in [3.63, 3.8) is 0 Å². The van der Waals surface area contributed by atoms with E-state index in [9.17, 15) is 5.11 Å². The Labute approximate surface area is 147 Å². The van der Waals surface area contributed by atoms with Crippen LogP contribution in [0.3, 0.4) is 0 Å². The van der Waals surface area contributed by atoms with Gasteiger partial charge in [0.2, 0.25) is 0 Å². The van der Waals surface area contributed by atoms with E-state index >= 15 is 0 Å². The molecule has 5 heteroatoms. The van der Waals surface area contributed by atoms with Crippen molar-refractivity contribution in [3.8, 4) is 0 Å². The Morgan fingerprint density at radius 1 is 0.958 bits per heavy atom. The molecule has 0 bridgehead atoms. The maximum atomic E-state index is 9.70. The van der Waals surface area contributed by atoms with E-state index in [4.69, 9.17) is 9.47 Å². The molecule has 1 rings (SSSR count). The van der Waals surface area contributed by atoms with E-state index in [1.54, 1.807) is 0 Å². The fourth-order valence-electron chi connectivity index (χ4n) is 2.36. The minimum atomic E-state index is -0.532. The summed E-state index contributed by atoms with van der Waals surface area (Å²) in [6.07, 6.45) is 0.436. The zero-order valence-corrected chi connectivity index (χ0v) is 15.5. The lowest BCUT2D eigenvalue weighted by atomic mass is 10.3. The second-order valence-corrected chi connectivity index (χ2v) is 6.02. The smallest absolute Gasteiger partial charge is 0.101 e. The SMILES string of the molecule is CCCOCC(O)COCCN(C)CCN(CC)c1ccccc1. The summed E-state index contributed by atoms with van der Waals surface area (Å²) in [5.41, 5.74) is 1.26. The number of aliphatic hydroxyl groups excluding tert-OH is 1. The van der Waals surface area contributed by atoms with Gasteiger partial charge in [-0.1, -0.05) is 25.1 Å². The molecular formula is C19H34N2O3. The lowest BCUT2D eigenvalue weighted by Crippen LogP contribution is -2.35. The van der Waals surface area contributed by atoms with E-state index in [-0.39, 0.29) is 0 Å². The largest absolute Gasteiger partial charge is 0.388 e. The normalized spacial score (nSPS) is 12.5. The van der Waals surface area contributed by atoms with Crippen molar-refractivity contribution >= 4 is 5.69 Å². The van der Waals surface area contributed by atoms with Gasteiger partial charge in [-0.15, -0.1) is 0 Å². The van der Waals surface area contributed by atoms with Crippen molar-refractivity contribution in [1.82, 2.24) is 4.90 Å². The summed E-state index contributed by atoms with van der Waals surface area (Å²) >= 11 is 0. The molecular weight excluding hydrogens is 304 g/mol. The predicted molar refractivity (Wildman–Crippen MR) is 99.8 cm³/mol. The first kappa shape index (κ1) is 20.9. The van der Waals surface area contributed by atoms with Crippen molar-refractivity contribution in [3.05, 3.63) is 30.3 Å². The van der Waals surface area contributed by atoms with Crippen molar-refractivity contribution in [1.29, 1.82) is 0 Å². The van der Waals surface area contributed by atoms with Gasteiger partial charge in [0.1, 0.15) is 6.10 Å². The van der Waals surface area contributed by atoms with E-state index in [1.807, 2.05) is 6.07 Å². The molecule has 0 aromatic heterocycles. The van der Waals surface area contributed by atoms with Gasteiger partial charge in [0.05, 0.1) is 19.8 Å². The third kappa shape index (κ3) is 9.23. The van der Waals surface area contributed by atoms with Crippen LogP contribution < -0.4 is 4.90 Å². The number of rotatable bonds is 14. The van der Waals surface area contributed by atoms with Crippen LogP contribution in [0.15, 0.2) is 30.3 Å². The highest BCUT2D eigenvalue weighted by atomic mass is 16.5. The molecule has 0 heterocycles. The van der Waals surface area contributed by atoms with Crippen LogP contribution in [0.5, 0.6) is 0 Å². The van der Waals surface area contributed by atoms with Crippen LogP contribution in [0.1, 0.15) is 20.3 Å². The number of nitrogens with zero attached hydrogens (tertiary/aromatic N) is 2. The summed E-state index contributed by atoms with van der Waals surface area (Å²) in [5.74, 6) is 0. The number of ether oxygens (including phenoxy) is 2. The number of hydrogen-bond acceptors (Lipinski definition) is 5. The number of anilines is 1. The molecule has 138 valence electrons. The minimum absolute atomic E-state index is 0.336. The lowest BCUT2D eigenvalue weighted by Gasteiger charge is -2.26. The summed E-state index contributed by atoms with van der Waals surface area (Å²) in [4.78, 5) is 4.62. The van der Waals surface area contributed by atoms with Crippen LogP contribution in [-0.4, -0.2) is 75.8 Å². The van der Waals surface area contributed by atoms with Gasteiger partial charge in [-0.3, -0.25) is 0 Å². The van der Waals surface area contributed by atoms with Gasteiger partial charge >= 0.3 is 0 Å². The van der Waals surface area contributed by atoms with Gasteiger partial charge in [0.15, 0.2) is 0 Å². The molecule has 24 heavy (non-hydrogen) atoms. The Kier molecular flexibility index (Phi) is 11.5. The van der Waals surface area contributed by atoms with Gasteiger partial charge in [0.25, 0.3) is 0 Å². The summed E-state index contributed by atoms with van der Waals surface area (Å²) in [7, 11) is 2.10. The summed E-state index contributed by atoms with van der Waals surface area (Å²) in [5, 5.41) is 9.70. The first-order chi connectivity index (χ1) is 11.7. The Balaban J connectivity index is 2.12. The van der Waals surface area contributed by atoms with Crippen LogP contribution in [0.4, 0.5) is 5.69 Å². The Hall–Kier alpha value is -1.14. The first-order valence-corrected chi connectivity index (χ1v) is 8.99. The van der Waals surface area contributed by atoms with Gasteiger partial charge in [-0.05, 0) is 32.5 Å². The average molecular weight is 338 g/mol. The van der Waals surface area contributed by atoms with E-state index in [2.05, 4.69) is 55.0 Å². The molecule has 0 aliphatic carbocycles. The predicted octanol–water partition coefficient (Wildman–Crippen LogP) is 2.25. The summed E-state index contributed by atoms with van der Waals surface area (Å²) in [6.45, 7) is 10.1. The van der Waals surface area contributed by atoms with Crippen LogP contribution in [-0.2, 0) is 9.47 Å². The van der Waals surface area contributed by atoms with E-state index in [0.29, 0.717) is 26.4 Å². The van der Waals surface area contributed by atoms with Crippen molar-refractivity contribution in [2.75, 3.05) is 64.6 Å². The molecule has 0 aliphatic rings. The lowest BCUT2D eigenvalue weighted by molar-refractivity contribution is -0.0212. The van der Waals surface area contributed by atoms with Crippen LogP contribution >= 0.6 is 0 Å². The molecule has 0 aliphatic heterocycles. The zero-order chi connectivity index (χ0) is 17.6. The monoisotopic (exact) mass is 338 g/mol. The molecule has 1 atom stereocenters. The number of likely N-dealkylation sites (N-methyl/N-ethyl adjacent to an activating group) is 2.